The van der Waals surface area contributed by atoms with Gasteiger partial charge in [0.1, 0.15) is 0 Å². The van der Waals surface area contributed by atoms with E-state index in [1.54, 1.807) is 0 Å². The van der Waals surface area contributed by atoms with Gasteiger partial charge in [-0.2, -0.15) is 13.2 Å². The van der Waals surface area contributed by atoms with Gasteiger partial charge >= 0.3 is 12.3 Å². The highest BCUT2D eigenvalue weighted by atomic mass is 32.2. The molecule has 0 unspecified atom stereocenters. The summed E-state index contributed by atoms with van der Waals surface area (Å²) in [6.45, 7) is 3.66. The SMILES string of the molecule is COc1cc(S(=O)(=O)N2C[C@H](CCCO)Nc3ccc(NC(=O)O[C@@H](C(C)(C)C)C(F)(F)F)cc32)ccc1F. The lowest BCUT2D eigenvalue weighted by Gasteiger charge is -2.37. The molecule has 1 heterocycles. The molecule has 0 saturated heterocycles. The Morgan fingerprint density at radius 1 is 1.21 bits per heavy atom. The van der Waals surface area contributed by atoms with Gasteiger partial charge in [-0.15, -0.1) is 0 Å². The van der Waals surface area contributed by atoms with Crippen molar-refractivity contribution in [2.45, 2.75) is 56.8 Å². The number of methoxy groups -OCH3 is 1. The number of nitrogens with zero attached hydrogens (tertiary/aromatic N) is 1. The van der Waals surface area contributed by atoms with Gasteiger partial charge in [-0.05, 0) is 43.2 Å². The molecule has 2 aromatic rings. The zero-order valence-electron chi connectivity index (χ0n) is 21.8. The Labute approximate surface area is 224 Å². The number of anilines is 3. The number of aliphatic hydroxyl groups excluding tert-OH is 1. The van der Waals surface area contributed by atoms with E-state index < -0.39 is 45.7 Å². The highest BCUT2D eigenvalue weighted by Crippen LogP contribution is 2.39. The first kappa shape index (κ1) is 30.3. The van der Waals surface area contributed by atoms with Crippen molar-refractivity contribution >= 4 is 33.2 Å². The number of nitrogens with one attached hydrogen (secondary N) is 2. The molecule has 14 heteroatoms. The van der Waals surface area contributed by atoms with E-state index in [2.05, 4.69) is 10.6 Å². The normalized spacial score (nSPS) is 16.6. The molecule has 0 radical (unpaired) electrons. The summed E-state index contributed by atoms with van der Waals surface area (Å²) in [6.07, 6.45) is -7.74. The maximum Gasteiger partial charge on any atom is 0.426 e. The van der Waals surface area contributed by atoms with Crippen molar-refractivity contribution in [1.29, 1.82) is 0 Å². The Morgan fingerprint density at radius 2 is 1.90 bits per heavy atom. The van der Waals surface area contributed by atoms with E-state index in [1.807, 2.05) is 0 Å². The quantitative estimate of drug-likeness (QED) is 0.373. The standard InChI is InChI=1S/C25H31F4N3O6S/c1-24(2,3)22(25(27,28)29)38-23(34)31-15-7-10-19-20(12-15)32(14-16(30-19)6-5-11-33)39(35,36)17-8-9-18(26)21(13-17)37-4/h7-10,12-13,16,22,30,33H,5-6,11,14H2,1-4H3,(H,31,34)/t16-,22-/m0/s1. The number of amides is 1. The largest absolute Gasteiger partial charge is 0.494 e. The second kappa shape index (κ2) is 11.5. The van der Waals surface area contributed by atoms with E-state index in [-0.39, 0.29) is 35.2 Å². The van der Waals surface area contributed by atoms with Crippen molar-refractivity contribution in [3.8, 4) is 5.75 Å². The van der Waals surface area contributed by atoms with E-state index in [1.165, 1.54) is 46.1 Å². The smallest absolute Gasteiger partial charge is 0.426 e. The molecule has 3 rings (SSSR count). The first-order valence-corrected chi connectivity index (χ1v) is 13.4. The molecular formula is C25H31F4N3O6S. The number of hydrogen-bond acceptors (Lipinski definition) is 7. The minimum absolute atomic E-state index is 0.0129. The first-order valence-electron chi connectivity index (χ1n) is 12.0. The van der Waals surface area contributed by atoms with Gasteiger partial charge in [-0.3, -0.25) is 9.62 Å². The van der Waals surface area contributed by atoms with Gasteiger partial charge < -0.3 is 19.9 Å². The van der Waals surface area contributed by atoms with Crippen molar-refractivity contribution < 1.29 is 45.4 Å². The van der Waals surface area contributed by atoms with Crippen LogP contribution >= 0.6 is 0 Å². The van der Waals surface area contributed by atoms with Crippen LogP contribution in [-0.4, -0.2) is 58.2 Å². The molecule has 3 N–H and O–H groups in total. The van der Waals surface area contributed by atoms with Gasteiger partial charge in [0.25, 0.3) is 10.0 Å². The lowest BCUT2D eigenvalue weighted by molar-refractivity contribution is -0.229. The molecule has 1 aliphatic rings. The third kappa shape index (κ3) is 7.04. The summed E-state index contributed by atoms with van der Waals surface area (Å²) in [7, 11) is -3.10. The Hall–Kier alpha value is -3.26. The summed E-state index contributed by atoms with van der Waals surface area (Å²) < 4.78 is 92.3. The number of rotatable bonds is 8. The molecule has 2 atom stereocenters. The minimum atomic E-state index is -4.81. The van der Waals surface area contributed by atoms with E-state index in [0.29, 0.717) is 18.5 Å². The fourth-order valence-corrected chi connectivity index (χ4v) is 5.68. The summed E-state index contributed by atoms with van der Waals surface area (Å²) >= 11 is 0. The number of aliphatic hydroxyl groups is 1. The number of carbonyl (C=O) groups is 1. The van der Waals surface area contributed by atoms with Crippen LogP contribution in [0.2, 0.25) is 0 Å². The van der Waals surface area contributed by atoms with Crippen LogP contribution in [0.3, 0.4) is 0 Å². The molecule has 2 aromatic carbocycles. The Bertz CT molecular complexity index is 1280. The third-order valence-corrected chi connectivity index (χ3v) is 7.76. The minimum Gasteiger partial charge on any atom is -0.494 e. The maximum atomic E-state index is 14.0. The van der Waals surface area contributed by atoms with Gasteiger partial charge in [0.05, 0.1) is 29.9 Å². The summed E-state index contributed by atoms with van der Waals surface area (Å²) in [5.74, 6) is -1.03. The van der Waals surface area contributed by atoms with Gasteiger partial charge in [0.15, 0.2) is 11.6 Å². The predicted octanol–water partition coefficient (Wildman–Crippen LogP) is 5.12. The highest BCUT2D eigenvalue weighted by molar-refractivity contribution is 7.92. The monoisotopic (exact) mass is 577 g/mol. The van der Waals surface area contributed by atoms with Crippen LogP contribution in [-0.2, 0) is 14.8 Å². The Balaban J connectivity index is 1.97. The Kier molecular flexibility index (Phi) is 8.90. The number of alkyl halides is 3. The average molecular weight is 578 g/mol. The number of fused-ring (bicyclic) bond motifs is 1. The molecule has 9 nitrogen and oxygen atoms in total. The lowest BCUT2D eigenvalue weighted by Crippen LogP contribution is -2.45. The number of halogens is 4. The second-order valence-electron chi connectivity index (χ2n) is 10.1. The number of carbonyl (C=O) groups excluding carboxylic acids is 1. The van der Waals surface area contributed by atoms with Crippen molar-refractivity contribution in [3.63, 3.8) is 0 Å². The van der Waals surface area contributed by atoms with E-state index in [9.17, 15) is 35.9 Å². The van der Waals surface area contributed by atoms with E-state index in [0.717, 1.165) is 22.5 Å². The number of sulfonamides is 1. The van der Waals surface area contributed by atoms with Gasteiger partial charge in [-0.1, -0.05) is 20.8 Å². The van der Waals surface area contributed by atoms with Crippen LogP contribution in [0.25, 0.3) is 0 Å². The molecule has 1 aliphatic heterocycles. The van der Waals surface area contributed by atoms with Crippen molar-refractivity contribution in [2.75, 3.05) is 35.2 Å². The molecule has 216 valence electrons. The highest BCUT2D eigenvalue weighted by Gasteiger charge is 2.50. The molecule has 0 fully saturated rings. The first-order chi connectivity index (χ1) is 18.1. The van der Waals surface area contributed by atoms with E-state index in [4.69, 9.17) is 9.47 Å². The predicted molar refractivity (Wildman–Crippen MR) is 137 cm³/mol. The number of benzene rings is 2. The van der Waals surface area contributed by atoms with Gasteiger partial charge in [-0.25, -0.2) is 17.6 Å². The topological polar surface area (TPSA) is 117 Å². The molecule has 39 heavy (non-hydrogen) atoms. The zero-order chi connectivity index (χ0) is 29.2. The van der Waals surface area contributed by atoms with Crippen molar-refractivity contribution in [2.24, 2.45) is 5.41 Å². The molecule has 0 aliphatic carbocycles. The average Bonchev–Trinajstić information content (AvgIpc) is 2.84. The van der Waals surface area contributed by atoms with Crippen LogP contribution in [0.4, 0.5) is 39.4 Å². The summed E-state index contributed by atoms with van der Waals surface area (Å²) in [5.41, 5.74) is -0.982. The summed E-state index contributed by atoms with van der Waals surface area (Å²) in [5, 5.41) is 14.6. The van der Waals surface area contributed by atoms with Gasteiger partial charge in [0.2, 0.25) is 6.10 Å². The number of hydrogen-bond donors (Lipinski definition) is 3. The van der Waals surface area contributed by atoms with Crippen molar-refractivity contribution in [3.05, 3.63) is 42.2 Å². The van der Waals surface area contributed by atoms with Crippen molar-refractivity contribution in [1.82, 2.24) is 0 Å². The van der Waals surface area contributed by atoms with Crippen LogP contribution in [0.15, 0.2) is 41.3 Å². The van der Waals surface area contributed by atoms with Crippen LogP contribution in [0.1, 0.15) is 33.6 Å². The zero-order valence-corrected chi connectivity index (χ0v) is 22.6. The lowest BCUT2D eigenvalue weighted by atomic mass is 9.88. The van der Waals surface area contributed by atoms with Crippen LogP contribution < -0.4 is 19.7 Å². The summed E-state index contributed by atoms with van der Waals surface area (Å²) in [6, 6.07) is 6.81. The third-order valence-electron chi connectivity index (χ3n) is 5.99. The maximum absolute atomic E-state index is 14.0. The second-order valence-corrected chi connectivity index (χ2v) is 12.0. The summed E-state index contributed by atoms with van der Waals surface area (Å²) in [4.78, 5) is 12.1. The molecule has 0 spiro atoms. The van der Waals surface area contributed by atoms with Gasteiger partial charge in [0, 0.05) is 29.8 Å². The molecule has 0 aromatic heterocycles. The molecule has 1 amide bonds. The van der Waals surface area contributed by atoms with E-state index >= 15 is 0 Å². The molecule has 0 bridgehead atoms. The van der Waals surface area contributed by atoms with Crippen LogP contribution in [0.5, 0.6) is 5.75 Å². The fourth-order valence-electron chi connectivity index (χ4n) is 4.15. The van der Waals surface area contributed by atoms with Crippen LogP contribution in [0, 0.1) is 11.2 Å². The number of ether oxygens (including phenoxy) is 2. The molecule has 0 saturated carbocycles. The Morgan fingerprint density at radius 3 is 2.49 bits per heavy atom. The molecular weight excluding hydrogens is 546 g/mol. The fraction of sp³-hybridized carbons (Fsp3) is 0.480.